The Morgan fingerprint density at radius 1 is 1.56 bits per heavy atom. The Morgan fingerprint density at radius 3 is 3.06 bits per heavy atom. The molecule has 2 rings (SSSR count). The van der Waals surface area contributed by atoms with E-state index < -0.39 is 0 Å². The maximum Gasteiger partial charge on any atom is 0.130 e. The van der Waals surface area contributed by atoms with Gasteiger partial charge in [0.15, 0.2) is 0 Å². The van der Waals surface area contributed by atoms with Crippen LogP contribution in [-0.4, -0.2) is 15.0 Å². The predicted molar refractivity (Wildman–Crippen MR) is 60.7 cm³/mol. The Labute approximate surface area is 97.1 Å². The molecule has 2 aromatic rings. The largest absolute Gasteiger partial charge is 0.325 e. The van der Waals surface area contributed by atoms with Gasteiger partial charge in [0.1, 0.15) is 6.54 Å². The SMILES string of the molecule is N#CCn1nnc(CN)c1Cc1cccs1. The molecule has 0 radical (unpaired) electrons. The lowest BCUT2D eigenvalue weighted by Gasteiger charge is -2.02. The lowest BCUT2D eigenvalue weighted by atomic mass is 10.2. The molecule has 0 spiro atoms. The second kappa shape index (κ2) is 4.88. The molecule has 0 fully saturated rings. The van der Waals surface area contributed by atoms with Crippen LogP contribution < -0.4 is 5.73 Å². The molecule has 0 amide bonds. The van der Waals surface area contributed by atoms with Crippen LogP contribution in [0.15, 0.2) is 17.5 Å². The Hall–Kier alpha value is -1.71. The molecular weight excluding hydrogens is 222 g/mol. The zero-order valence-electron chi connectivity index (χ0n) is 8.63. The number of thiophene rings is 1. The smallest absolute Gasteiger partial charge is 0.130 e. The van der Waals surface area contributed by atoms with E-state index in [1.54, 1.807) is 16.0 Å². The van der Waals surface area contributed by atoms with E-state index in [1.807, 2.05) is 11.4 Å². The van der Waals surface area contributed by atoms with Crippen molar-refractivity contribution >= 4 is 11.3 Å². The molecule has 0 atom stereocenters. The number of hydrogen-bond acceptors (Lipinski definition) is 5. The molecule has 5 nitrogen and oxygen atoms in total. The number of nitrogens with zero attached hydrogens (tertiary/aromatic N) is 4. The maximum atomic E-state index is 8.68. The van der Waals surface area contributed by atoms with E-state index >= 15 is 0 Å². The fourth-order valence-electron chi connectivity index (χ4n) is 1.49. The topological polar surface area (TPSA) is 80.5 Å². The van der Waals surface area contributed by atoms with Crippen LogP contribution in [0.2, 0.25) is 0 Å². The number of nitriles is 1. The highest BCUT2D eigenvalue weighted by atomic mass is 32.1. The molecular formula is C10H11N5S. The Kier molecular flexibility index (Phi) is 3.29. The average molecular weight is 233 g/mol. The summed E-state index contributed by atoms with van der Waals surface area (Å²) in [5.41, 5.74) is 7.30. The molecule has 16 heavy (non-hydrogen) atoms. The summed E-state index contributed by atoms with van der Waals surface area (Å²) in [4.78, 5) is 1.22. The molecule has 2 aromatic heterocycles. The molecule has 0 saturated heterocycles. The zero-order valence-corrected chi connectivity index (χ0v) is 9.44. The summed E-state index contributed by atoms with van der Waals surface area (Å²) in [6.07, 6.45) is 0.735. The van der Waals surface area contributed by atoms with Crippen molar-refractivity contribution in [2.24, 2.45) is 5.73 Å². The van der Waals surface area contributed by atoms with Gasteiger partial charge < -0.3 is 5.73 Å². The van der Waals surface area contributed by atoms with Crippen molar-refractivity contribution in [2.45, 2.75) is 19.5 Å². The summed E-state index contributed by atoms with van der Waals surface area (Å²) in [7, 11) is 0. The molecule has 0 aliphatic heterocycles. The van der Waals surface area contributed by atoms with Gasteiger partial charge in [0.2, 0.25) is 0 Å². The van der Waals surface area contributed by atoms with Crippen molar-refractivity contribution < 1.29 is 0 Å². The van der Waals surface area contributed by atoms with Crippen molar-refractivity contribution in [3.63, 3.8) is 0 Å². The Balaban J connectivity index is 2.30. The van der Waals surface area contributed by atoms with E-state index in [0.717, 1.165) is 17.8 Å². The summed E-state index contributed by atoms with van der Waals surface area (Å²) in [6.45, 7) is 0.569. The van der Waals surface area contributed by atoms with Gasteiger partial charge in [-0.3, -0.25) is 0 Å². The van der Waals surface area contributed by atoms with Crippen molar-refractivity contribution in [1.29, 1.82) is 5.26 Å². The van der Waals surface area contributed by atoms with Gasteiger partial charge in [0, 0.05) is 17.8 Å². The third-order valence-corrected chi connectivity index (χ3v) is 3.13. The Morgan fingerprint density at radius 2 is 2.44 bits per heavy atom. The minimum Gasteiger partial charge on any atom is -0.325 e. The van der Waals surface area contributed by atoms with Gasteiger partial charge >= 0.3 is 0 Å². The van der Waals surface area contributed by atoms with Crippen LogP contribution in [0.4, 0.5) is 0 Å². The van der Waals surface area contributed by atoms with Gasteiger partial charge in [-0.15, -0.1) is 16.4 Å². The van der Waals surface area contributed by atoms with E-state index in [9.17, 15) is 0 Å². The predicted octanol–water partition coefficient (Wildman–Crippen LogP) is 0.913. The number of rotatable bonds is 4. The fourth-order valence-corrected chi connectivity index (χ4v) is 2.20. The van der Waals surface area contributed by atoms with E-state index in [4.69, 9.17) is 11.0 Å². The number of hydrogen-bond donors (Lipinski definition) is 1. The van der Waals surface area contributed by atoms with Gasteiger partial charge in [-0.1, -0.05) is 11.3 Å². The summed E-state index contributed by atoms with van der Waals surface area (Å²) < 4.78 is 1.61. The Bertz CT molecular complexity index is 494. The summed E-state index contributed by atoms with van der Waals surface area (Å²) in [5.74, 6) is 0. The second-order valence-corrected chi connectivity index (χ2v) is 4.29. The molecule has 0 aliphatic carbocycles. The lowest BCUT2D eigenvalue weighted by molar-refractivity contribution is 0.643. The molecule has 2 N–H and O–H groups in total. The van der Waals surface area contributed by atoms with E-state index in [1.165, 1.54) is 4.88 Å². The lowest BCUT2D eigenvalue weighted by Crippen LogP contribution is -2.07. The molecule has 0 aromatic carbocycles. The monoisotopic (exact) mass is 233 g/mol. The van der Waals surface area contributed by atoms with Crippen LogP contribution in [0, 0.1) is 11.3 Å². The van der Waals surface area contributed by atoms with Crippen molar-refractivity contribution in [3.05, 3.63) is 33.8 Å². The molecule has 6 heteroatoms. The average Bonchev–Trinajstić information content (AvgIpc) is 2.91. The van der Waals surface area contributed by atoms with Gasteiger partial charge in [-0.2, -0.15) is 5.26 Å². The van der Waals surface area contributed by atoms with Crippen molar-refractivity contribution in [1.82, 2.24) is 15.0 Å². The van der Waals surface area contributed by atoms with Crippen LogP contribution in [0.3, 0.4) is 0 Å². The molecule has 0 saturated carbocycles. The van der Waals surface area contributed by atoms with Gasteiger partial charge in [0.25, 0.3) is 0 Å². The summed E-state index contributed by atoms with van der Waals surface area (Å²) in [6, 6.07) is 6.12. The third kappa shape index (κ3) is 2.10. The van der Waals surface area contributed by atoms with Crippen LogP contribution in [0.1, 0.15) is 16.3 Å². The first-order valence-electron chi connectivity index (χ1n) is 4.85. The first kappa shape index (κ1) is 10.8. The highest BCUT2D eigenvalue weighted by molar-refractivity contribution is 7.09. The van der Waals surface area contributed by atoms with Crippen molar-refractivity contribution in [2.75, 3.05) is 0 Å². The molecule has 0 bridgehead atoms. The second-order valence-electron chi connectivity index (χ2n) is 3.26. The van der Waals surface area contributed by atoms with Crippen LogP contribution >= 0.6 is 11.3 Å². The van der Waals surface area contributed by atoms with Crippen molar-refractivity contribution in [3.8, 4) is 6.07 Å². The summed E-state index contributed by atoms with van der Waals surface area (Å²) in [5, 5.41) is 18.6. The van der Waals surface area contributed by atoms with Gasteiger partial charge in [-0.05, 0) is 11.4 Å². The quantitative estimate of drug-likeness (QED) is 0.851. The highest BCUT2D eigenvalue weighted by Crippen LogP contribution is 2.16. The molecule has 82 valence electrons. The standard InChI is InChI=1S/C10H11N5S/c11-3-4-15-10(9(7-12)13-14-15)6-8-2-1-5-16-8/h1-2,5H,4,6-7,12H2. The third-order valence-electron chi connectivity index (χ3n) is 2.25. The first-order chi connectivity index (χ1) is 7.85. The molecule has 2 heterocycles. The van der Waals surface area contributed by atoms with Crippen LogP contribution in [-0.2, 0) is 19.5 Å². The first-order valence-corrected chi connectivity index (χ1v) is 5.73. The van der Waals surface area contributed by atoms with E-state index in [2.05, 4.69) is 22.4 Å². The van der Waals surface area contributed by atoms with E-state index in [0.29, 0.717) is 6.54 Å². The summed E-state index contributed by atoms with van der Waals surface area (Å²) >= 11 is 1.67. The number of nitrogens with two attached hydrogens (primary N) is 1. The van der Waals surface area contributed by atoms with Crippen LogP contribution in [0.25, 0.3) is 0 Å². The van der Waals surface area contributed by atoms with Gasteiger partial charge in [-0.25, -0.2) is 4.68 Å². The maximum absolute atomic E-state index is 8.68. The zero-order chi connectivity index (χ0) is 11.4. The minimum atomic E-state index is 0.216. The van der Waals surface area contributed by atoms with Crippen LogP contribution in [0.5, 0.6) is 0 Å². The minimum absolute atomic E-state index is 0.216. The highest BCUT2D eigenvalue weighted by Gasteiger charge is 2.12. The fraction of sp³-hybridized carbons (Fsp3) is 0.300. The number of aromatic nitrogens is 3. The normalized spacial score (nSPS) is 10.2. The molecule has 0 aliphatic rings. The van der Waals surface area contributed by atoms with E-state index in [-0.39, 0.29) is 6.54 Å². The van der Waals surface area contributed by atoms with Gasteiger partial charge in [0.05, 0.1) is 17.5 Å². The molecule has 0 unspecified atom stereocenters.